The van der Waals surface area contributed by atoms with Crippen molar-refractivity contribution in [3.05, 3.63) is 0 Å². The van der Waals surface area contributed by atoms with Crippen LogP contribution in [0.1, 0.15) is 20.8 Å². The fourth-order valence-electron chi connectivity index (χ4n) is 1.09. The molecule has 7 heteroatoms. The minimum atomic E-state index is -3.47. The monoisotopic (exact) mass is 251 g/mol. The number of nitrogens with two attached hydrogens (primary N) is 1. The summed E-state index contributed by atoms with van der Waals surface area (Å²) in [6, 6.07) is -0.00413. The van der Waals surface area contributed by atoms with Crippen LogP contribution in [0.2, 0.25) is 0 Å². The third-order valence-electron chi connectivity index (χ3n) is 2.09. The van der Waals surface area contributed by atoms with Crippen molar-refractivity contribution in [2.45, 2.75) is 32.1 Å². The van der Waals surface area contributed by atoms with Crippen LogP contribution >= 0.6 is 0 Å². The standard InChI is InChI=1S/C9H21N3O3S/c1-7(2)11-9(13)6-12(4)16(14,15)8(3)5-10/h7-8H,5-6,10H2,1-4H3,(H,11,13). The lowest BCUT2D eigenvalue weighted by Gasteiger charge is -2.21. The van der Waals surface area contributed by atoms with Gasteiger partial charge in [0.25, 0.3) is 0 Å². The van der Waals surface area contributed by atoms with Crippen molar-refractivity contribution < 1.29 is 13.2 Å². The Hall–Kier alpha value is -0.660. The van der Waals surface area contributed by atoms with Crippen LogP contribution in [0.25, 0.3) is 0 Å². The predicted molar refractivity (Wildman–Crippen MR) is 63.3 cm³/mol. The second-order valence-corrected chi connectivity index (χ2v) is 6.53. The van der Waals surface area contributed by atoms with Crippen molar-refractivity contribution in [2.24, 2.45) is 5.73 Å². The highest BCUT2D eigenvalue weighted by Gasteiger charge is 2.26. The molecule has 0 fully saturated rings. The summed E-state index contributed by atoms with van der Waals surface area (Å²) in [5, 5.41) is 1.95. The van der Waals surface area contributed by atoms with Gasteiger partial charge < -0.3 is 11.1 Å². The molecule has 96 valence electrons. The second kappa shape index (κ2) is 6.17. The maximum Gasteiger partial charge on any atom is 0.235 e. The normalized spacial score (nSPS) is 14.2. The minimum absolute atomic E-state index is 0.00413. The first-order chi connectivity index (χ1) is 7.21. The summed E-state index contributed by atoms with van der Waals surface area (Å²) in [6.07, 6.45) is 0. The Labute approximate surface area is 97.2 Å². The van der Waals surface area contributed by atoms with Gasteiger partial charge in [0.1, 0.15) is 0 Å². The van der Waals surface area contributed by atoms with Crippen molar-refractivity contribution >= 4 is 15.9 Å². The van der Waals surface area contributed by atoms with E-state index in [-0.39, 0.29) is 25.0 Å². The lowest BCUT2D eigenvalue weighted by atomic mass is 10.4. The van der Waals surface area contributed by atoms with Crippen LogP contribution in [-0.4, -0.2) is 50.1 Å². The summed E-state index contributed by atoms with van der Waals surface area (Å²) < 4.78 is 24.5. The van der Waals surface area contributed by atoms with E-state index >= 15 is 0 Å². The van der Waals surface area contributed by atoms with Crippen molar-refractivity contribution in [3.63, 3.8) is 0 Å². The number of hydrogen-bond acceptors (Lipinski definition) is 4. The Morgan fingerprint density at radius 2 is 1.88 bits per heavy atom. The zero-order valence-electron chi connectivity index (χ0n) is 10.2. The Morgan fingerprint density at radius 3 is 2.25 bits per heavy atom. The number of nitrogens with one attached hydrogen (secondary N) is 1. The number of sulfonamides is 1. The van der Waals surface area contributed by atoms with Gasteiger partial charge in [-0.15, -0.1) is 0 Å². The van der Waals surface area contributed by atoms with Crippen LogP contribution in [0.5, 0.6) is 0 Å². The van der Waals surface area contributed by atoms with Crippen LogP contribution in [0, 0.1) is 0 Å². The molecular formula is C9H21N3O3S. The van der Waals surface area contributed by atoms with Crippen LogP contribution in [0.4, 0.5) is 0 Å². The molecule has 0 heterocycles. The Balaban J connectivity index is 4.47. The second-order valence-electron chi connectivity index (χ2n) is 4.07. The SMILES string of the molecule is CC(C)NC(=O)CN(C)S(=O)(=O)C(C)CN. The summed E-state index contributed by atoms with van der Waals surface area (Å²) in [7, 11) is -2.10. The van der Waals surface area contributed by atoms with Crippen molar-refractivity contribution in [3.8, 4) is 0 Å². The molecule has 1 unspecified atom stereocenters. The third-order valence-corrected chi connectivity index (χ3v) is 4.30. The predicted octanol–water partition coefficient (Wildman–Crippen LogP) is -0.880. The molecule has 1 atom stereocenters. The van der Waals surface area contributed by atoms with Gasteiger partial charge in [0.2, 0.25) is 15.9 Å². The van der Waals surface area contributed by atoms with E-state index in [9.17, 15) is 13.2 Å². The average Bonchev–Trinajstić information content (AvgIpc) is 2.14. The molecule has 0 aliphatic rings. The first kappa shape index (κ1) is 15.3. The van der Waals surface area contributed by atoms with E-state index in [0.717, 1.165) is 4.31 Å². The molecule has 1 amide bonds. The zero-order chi connectivity index (χ0) is 12.9. The molecule has 0 aliphatic carbocycles. The van der Waals surface area contributed by atoms with Crippen LogP contribution in [0.15, 0.2) is 0 Å². The van der Waals surface area contributed by atoms with E-state index in [2.05, 4.69) is 5.32 Å². The van der Waals surface area contributed by atoms with E-state index in [4.69, 9.17) is 5.73 Å². The number of carbonyl (C=O) groups is 1. The summed E-state index contributed by atoms with van der Waals surface area (Å²) in [6.45, 7) is 5.01. The molecule has 0 saturated carbocycles. The van der Waals surface area contributed by atoms with Gasteiger partial charge in [-0.2, -0.15) is 4.31 Å². The van der Waals surface area contributed by atoms with Gasteiger partial charge in [-0.25, -0.2) is 8.42 Å². The fraction of sp³-hybridized carbons (Fsp3) is 0.889. The molecule has 0 saturated heterocycles. The van der Waals surface area contributed by atoms with Gasteiger partial charge >= 0.3 is 0 Å². The van der Waals surface area contributed by atoms with E-state index in [0.29, 0.717) is 0 Å². The topological polar surface area (TPSA) is 92.5 Å². The first-order valence-corrected chi connectivity index (χ1v) is 6.66. The highest BCUT2D eigenvalue weighted by atomic mass is 32.2. The molecule has 16 heavy (non-hydrogen) atoms. The summed E-state index contributed by atoms with van der Waals surface area (Å²) in [4.78, 5) is 11.4. The van der Waals surface area contributed by atoms with E-state index < -0.39 is 15.3 Å². The van der Waals surface area contributed by atoms with Gasteiger partial charge in [-0.05, 0) is 20.8 Å². The van der Waals surface area contributed by atoms with E-state index in [1.807, 2.05) is 13.8 Å². The number of rotatable bonds is 6. The smallest absolute Gasteiger partial charge is 0.235 e. The Kier molecular flexibility index (Phi) is 5.91. The van der Waals surface area contributed by atoms with Crippen molar-refractivity contribution in [1.29, 1.82) is 0 Å². The van der Waals surface area contributed by atoms with E-state index in [1.165, 1.54) is 14.0 Å². The van der Waals surface area contributed by atoms with Gasteiger partial charge in [0, 0.05) is 19.6 Å². The molecule has 6 nitrogen and oxygen atoms in total. The number of nitrogens with zero attached hydrogens (tertiary/aromatic N) is 1. The minimum Gasteiger partial charge on any atom is -0.353 e. The number of likely N-dealkylation sites (N-methyl/N-ethyl adjacent to an activating group) is 1. The van der Waals surface area contributed by atoms with Gasteiger partial charge in [0.15, 0.2) is 0 Å². The molecule has 0 aliphatic heterocycles. The average molecular weight is 251 g/mol. The summed E-state index contributed by atoms with van der Waals surface area (Å²) >= 11 is 0. The molecular weight excluding hydrogens is 230 g/mol. The first-order valence-electron chi connectivity index (χ1n) is 5.16. The third kappa shape index (κ3) is 4.46. The fourth-order valence-corrected chi connectivity index (χ4v) is 2.24. The molecule has 0 rings (SSSR count). The lowest BCUT2D eigenvalue weighted by molar-refractivity contribution is -0.121. The van der Waals surface area contributed by atoms with E-state index in [1.54, 1.807) is 0 Å². The number of amides is 1. The largest absolute Gasteiger partial charge is 0.353 e. The molecule has 0 aromatic carbocycles. The molecule has 3 N–H and O–H groups in total. The van der Waals surface area contributed by atoms with Gasteiger partial charge in [-0.1, -0.05) is 0 Å². The molecule has 0 bridgehead atoms. The van der Waals surface area contributed by atoms with Crippen LogP contribution in [-0.2, 0) is 14.8 Å². The maximum atomic E-state index is 11.7. The molecule has 0 aromatic rings. The van der Waals surface area contributed by atoms with Crippen molar-refractivity contribution in [1.82, 2.24) is 9.62 Å². The number of carbonyl (C=O) groups excluding carboxylic acids is 1. The maximum absolute atomic E-state index is 11.7. The highest BCUT2D eigenvalue weighted by Crippen LogP contribution is 2.04. The van der Waals surface area contributed by atoms with Gasteiger partial charge in [-0.3, -0.25) is 4.79 Å². The summed E-state index contributed by atoms with van der Waals surface area (Å²) in [5.74, 6) is -0.315. The molecule has 0 radical (unpaired) electrons. The Morgan fingerprint density at radius 1 is 1.38 bits per heavy atom. The summed E-state index contributed by atoms with van der Waals surface area (Å²) in [5.41, 5.74) is 5.30. The highest BCUT2D eigenvalue weighted by molar-refractivity contribution is 7.89. The Bertz CT molecular complexity index is 327. The van der Waals surface area contributed by atoms with Crippen LogP contribution in [0.3, 0.4) is 0 Å². The van der Waals surface area contributed by atoms with Gasteiger partial charge in [0.05, 0.1) is 11.8 Å². The molecule has 0 spiro atoms. The molecule has 0 aromatic heterocycles. The quantitative estimate of drug-likeness (QED) is 0.641. The zero-order valence-corrected chi connectivity index (χ0v) is 11.0. The lowest BCUT2D eigenvalue weighted by Crippen LogP contribution is -2.44. The number of hydrogen-bond donors (Lipinski definition) is 2. The van der Waals surface area contributed by atoms with Crippen LogP contribution < -0.4 is 11.1 Å². The van der Waals surface area contributed by atoms with Crippen molar-refractivity contribution in [2.75, 3.05) is 20.1 Å².